The molecule has 38 heavy (non-hydrogen) atoms. The Hall–Kier alpha value is -3.56. The first-order chi connectivity index (χ1) is 18.1. The number of hydrogen-bond acceptors (Lipinski definition) is 3. The molecule has 0 radical (unpaired) electrons. The average molecular weight is 553 g/mol. The number of aryl methyl sites for hydroxylation is 1. The summed E-state index contributed by atoms with van der Waals surface area (Å²) in [5, 5.41) is 5.87. The highest BCUT2D eigenvalue weighted by Gasteiger charge is 2.46. The Morgan fingerprint density at radius 3 is 1.74 bits per heavy atom. The highest BCUT2D eigenvalue weighted by molar-refractivity contribution is 7.95. The van der Waals surface area contributed by atoms with Gasteiger partial charge in [-0.05, 0) is 48.9 Å². The van der Waals surface area contributed by atoms with Crippen LogP contribution >= 0.6 is 18.6 Å². The van der Waals surface area contributed by atoms with Crippen molar-refractivity contribution in [3.63, 3.8) is 0 Å². The van der Waals surface area contributed by atoms with Crippen molar-refractivity contribution in [1.82, 2.24) is 9.38 Å². The largest absolute Gasteiger partial charge is 1.00 e. The molecule has 0 saturated heterocycles. The van der Waals surface area contributed by atoms with Crippen molar-refractivity contribution in [3.8, 4) is 11.3 Å². The molecule has 2 heterocycles. The minimum atomic E-state index is -2.14. The summed E-state index contributed by atoms with van der Waals surface area (Å²) in [5.41, 5.74) is 3.89. The van der Waals surface area contributed by atoms with Crippen LogP contribution in [0.15, 0.2) is 132 Å². The summed E-state index contributed by atoms with van der Waals surface area (Å²) in [6, 6.07) is 42.2. The van der Waals surface area contributed by atoms with Crippen LogP contribution in [0.2, 0.25) is 0 Å². The summed E-state index contributed by atoms with van der Waals surface area (Å²) < 4.78 is 1.74. The number of thiazole rings is 1. The van der Waals surface area contributed by atoms with E-state index in [1.54, 1.807) is 10.5 Å². The van der Waals surface area contributed by atoms with Crippen LogP contribution in [-0.2, 0) is 6.16 Å². The van der Waals surface area contributed by atoms with Crippen molar-refractivity contribution >= 4 is 39.5 Å². The molecule has 0 spiro atoms. The fourth-order valence-electron chi connectivity index (χ4n) is 4.98. The Morgan fingerprint density at radius 2 is 1.24 bits per heavy atom. The molecule has 0 saturated carbocycles. The summed E-state index contributed by atoms with van der Waals surface area (Å²) in [7, 11) is -2.14. The predicted octanol–water partition coefficient (Wildman–Crippen LogP) is 3.23. The van der Waals surface area contributed by atoms with Gasteiger partial charge < -0.3 is 12.4 Å². The fourth-order valence-corrected chi connectivity index (χ4v) is 10.0. The van der Waals surface area contributed by atoms with Gasteiger partial charge >= 0.3 is 0 Å². The normalized spacial score (nSPS) is 11.3. The van der Waals surface area contributed by atoms with Crippen LogP contribution in [0.5, 0.6) is 0 Å². The maximum atomic E-state index is 13.6. The number of hydrogen-bond donors (Lipinski definition) is 0. The van der Waals surface area contributed by atoms with E-state index in [0.29, 0.717) is 6.16 Å². The second kappa shape index (κ2) is 11.0. The number of halogens is 1. The molecule has 0 bridgehead atoms. The van der Waals surface area contributed by atoms with Gasteiger partial charge in [-0.25, -0.2) is 4.98 Å². The van der Waals surface area contributed by atoms with Gasteiger partial charge in [0.1, 0.15) is 29.3 Å². The topological polar surface area (TPSA) is 34.4 Å². The van der Waals surface area contributed by atoms with Gasteiger partial charge in [-0.3, -0.25) is 9.20 Å². The number of benzene rings is 4. The van der Waals surface area contributed by atoms with Gasteiger partial charge in [0.25, 0.3) is 5.56 Å². The van der Waals surface area contributed by atoms with Gasteiger partial charge in [0.15, 0.2) is 4.96 Å². The zero-order valence-corrected chi connectivity index (χ0v) is 23.3. The molecule has 0 unspecified atom stereocenters. The van der Waals surface area contributed by atoms with Crippen molar-refractivity contribution in [2.45, 2.75) is 13.1 Å². The third-order valence-corrected chi connectivity index (χ3v) is 12.0. The number of aromatic nitrogens is 2. The minimum absolute atomic E-state index is 0. The highest BCUT2D eigenvalue weighted by Crippen LogP contribution is 2.57. The Bertz CT molecular complexity index is 1620. The average Bonchev–Trinajstić information content (AvgIpc) is 3.38. The van der Waals surface area contributed by atoms with E-state index in [2.05, 4.69) is 122 Å². The highest BCUT2D eigenvalue weighted by atomic mass is 35.5. The van der Waals surface area contributed by atoms with Gasteiger partial charge in [0, 0.05) is 11.4 Å². The predicted molar refractivity (Wildman–Crippen MR) is 158 cm³/mol. The third-order valence-electron chi connectivity index (χ3n) is 6.80. The zero-order chi connectivity index (χ0) is 25.2. The van der Waals surface area contributed by atoms with Crippen LogP contribution in [0, 0.1) is 6.92 Å². The molecule has 0 aliphatic heterocycles. The molecule has 0 fully saturated rings. The Labute approximate surface area is 233 Å². The maximum absolute atomic E-state index is 13.6. The summed E-state index contributed by atoms with van der Waals surface area (Å²) in [6.07, 6.45) is 0.675. The molecule has 3 nitrogen and oxygen atoms in total. The van der Waals surface area contributed by atoms with E-state index in [-0.39, 0.29) is 18.0 Å². The monoisotopic (exact) mass is 552 g/mol. The van der Waals surface area contributed by atoms with Crippen LogP contribution in [0.4, 0.5) is 0 Å². The van der Waals surface area contributed by atoms with E-state index < -0.39 is 7.26 Å². The SMILES string of the molecule is Cc1ccc(-c2csc3nc(C[P+](c4ccccc4)(c4ccccc4)c4ccccc4)cc(=O)n23)cc1.[Cl-]. The molecule has 6 aromatic rings. The summed E-state index contributed by atoms with van der Waals surface area (Å²) >= 11 is 1.52. The summed E-state index contributed by atoms with van der Waals surface area (Å²) in [4.78, 5) is 19.4. The molecular formula is C32H26ClN2OPS. The zero-order valence-electron chi connectivity index (χ0n) is 20.9. The molecule has 6 rings (SSSR count). The summed E-state index contributed by atoms with van der Waals surface area (Å²) in [5.74, 6) is 0. The third kappa shape index (κ3) is 4.72. The van der Waals surface area contributed by atoms with E-state index in [0.717, 1.165) is 21.9 Å². The van der Waals surface area contributed by atoms with Gasteiger partial charge in [0.05, 0.1) is 11.4 Å². The molecule has 0 atom stereocenters. The van der Waals surface area contributed by atoms with Crippen LogP contribution in [0.1, 0.15) is 11.3 Å². The quantitative estimate of drug-likeness (QED) is 0.297. The van der Waals surface area contributed by atoms with Crippen LogP contribution in [0.25, 0.3) is 16.2 Å². The molecule has 6 heteroatoms. The van der Waals surface area contributed by atoms with E-state index in [1.165, 1.54) is 32.8 Å². The van der Waals surface area contributed by atoms with E-state index in [9.17, 15) is 4.79 Å². The Kier molecular flexibility index (Phi) is 7.58. The second-order valence-corrected chi connectivity index (χ2v) is 13.5. The van der Waals surface area contributed by atoms with Crippen LogP contribution in [-0.4, -0.2) is 9.38 Å². The standard InChI is InChI=1S/C32H26N2OPS.ClH/c1-24-17-19-25(20-18-24)30-23-37-32-33-26(21-31(35)34(30)32)22-36(27-11-5-2-6-12-27,28-13-7-3-8-14-28)29-15-9-4-10-16-29;/h2-21,23H,22H2,1H3;1H/q+1;/p-1. The number of nitrogens with zero attached hydrogens (tertiary/aromatic N) is 2. The fraction of sp³-hybridized carbons (Fsp3) is 0.0625. The van der Waals surface area contributed by atoms with Gasteiger partial charge in [-0.1, -0.05) is 84.4 Å². The van der Waals surface area contributed by atoms with Crippen molar-refractivity contribution in [1.29, 1.82) is 0 Å². The van der Waals surface area contributed by atoms with Crippen LogP contribution in [0.3, 0.4) is 0 Å². The van der Waals surface area contributed by atoms with Crippen molar-refractivity contribution in [3.05, 3.63) is 148 Å². The number of rotatable bonds is 6. The lowest BCUT2D eigenvalue weighted by atomic mass is 10.1. The molecular weight excluding hydrogens is 527 g/mol. The lowest BCUT2D eigenvalue weighted by Crippen LogP contribution is -3.00. The maximum Gasteiger partial charge on any atom is 0.259 e. The van der Waals surface area contributed by atoms with Crippen molar-refractivity contribution in [2.24, 2.45) is 0 Å². The molecule has 0 amide bonds. The molecule has 188 valence electrons. The molecule has 2 aromatic heterocycles. The Morgan fingerprint density at radius 1 is 0.737 bits per heavy atom. The van der Waals surface area contributed by atoms with Crippen molar-refractivity contribution in [2.75, 3.05) is 0 Å². The number of fused-ring (bicyclic) bond motifs is 1. The van der Waals surface area contributed by atoms with Crippen LogP contribution < -0.4 is 33.9 Å². The summed E-state index contributed by atoms with van der Waals surface area (Å²) in [6.45, 7) is 2.07. The first-order valence-electron chi connectivity index (χ1n) is 12.3. The van der Waals surface area contributed by atoms with Gasteiger partial charge in [0.2, 0.25) is 0 Å². The van der Waals surface area contributed by atoms with E-state index >= 15 is 0 Å². The van der Waals surface area contributed by atoms with Gasteiger partial charge in [-0.15, -0.1) is 11.3 Å². The first-order valence-corrected chi connectivity index (χ1v) is 15.1. The smallest absolute Gasteiger partial charge is 0.259 e. The van der Waals surface area contributed by atoms with Crippen molar-refractivity contribution < 1.29 is 12.4 Å². The van der Waals surface area contributed by atoms with E-state index in [1.807, 2.05) is 5.38 Å². The molecule has 0 aliphatic rings. The molecule has 4 aromatic carbocycles. The minimum Gasteiger partial charge on any atom is -1.00 e. The first kappa shape index (κ1) is 26.1. The molecule has 0 N–H and O–H groups in total. The lowest BCUT2D eigenvalue weighted by molar-refractivity contribution is -0.00000734. The van der Waals surface area contributed by atoms with E-state index in [4.69, 9.17) is 4.98 Å². The second-order valence-electron chi connectivity index (χ2n) is 9.17. The Balaban J connectivity index is 0.00000294. The van der Waals surface area contributed by atoms with Gasteiger partial charge in [-0.2, -0.15) is 0 Å². The molecule has 0 aliphatic carbocycles. The lowest BCUT2D eigenvalue weighted by Gasteiger charge is -2.27.